The number of benzene rings is 4. The standard InChI is InChI=1S/C29H22N2O5/c1-20-12-14-21(15-13-20)27(32)31-30-19-24-16-17-25(35-28(33)22-8-4-2-5-9-22)18-26(24)36-29(34)23-10-6-3-7-11-23/h2-19H,1H3,(H,31,32). The van der Waals surface area contributed by atoms with Gasteiger partial charge < -0.3 is 9.47 Å². The van der Waals surface area contributed by atoms with Crippen molar-refractivity contribution in [3.63, 3.8) is 0 Å². The van der Waals surface area contributed by atoms with Crippen molar-refractivity contribution in [2.75, 3.05) is 0 Å². The predicted molar refractivity (Wildman–Crippen MR) is 135 cm³/mol. The van der Waals surface area contributed by atoms with E-state index < -0.39 is 11.9 Å². The van der Waals surface area contributed by atoms with Gasteiger partial charge in [0.25, 0.3) is 5.91 Å². The fourth-order valence-electron chi connectivity index (χ4n) is 3.18. The molecule has 0 fully saturated rings. The fraction of sp³-hybridized carbons (Fsp3) is 0.0345. The molecule has 0 saturated heterocycles. The first-order valence-electron chi connectivity index (χ1n) is 11.1. The van der Waals surface area contributed by atoms with Gasteiger partial charge in [-0.1, -0.05) is 54.1 Å². The monoisotopic (exact) mass is 478 g/mol. The molecule has 178 valence electrons. The summed E-state index contributed by atoms with van der Waals surface area (Å²) in [6, 6.07) is 28.6. The zero-order valence-corrected chi connectivity index (χ0v) is 19.4. The Morgan fingerprint density at radius 1 is 0.694 bits per heavy atom. The highest BCUT2D eigenvalue weighted by atomic mass is 16.5. The van der Waals surface area contributed by atoms with Crippen LogP contribution >= 0.6 is 0 Å². The van der Waals surface area contributed by atoms with E-state index in [2.05, 4.69) is 10.5 Å². The van der Waals surface area contributed by atoms with Crippen molar-refractivity contribution >= 4 is 24.1 Å². The molecule has 0 atom stereocenters. The minimum atomic E-state index is -0.597. The summed E-state index contributed by atoms with van der Waals surface area (Å²) in [6.07, 6.45) is 1.35. The van der Waals surface area contributed by atoms with Gasteiger partial charge in [0.1, 0.15) is 11.5 Å². The van der Waals surface area contributed by atoms with E-state index in [0.717, 1.165) is 5.56 Å². The van der Waals surface area contributed by atoms with Crippen LogP contribution in [0.3, 0.4) is 0 Å². The van der Waals surface area contributed by atoms with E-state index in [0.29, 0.717) is 22.3 Å². The Balaban J connectivity index is 1.55. The number of carbonyl (C=O) groups excluding carboxylic acids is 3. The Morgan fingerprint density at radius 2 is 1.28 bits per heavy atom. The number of carbonyl (C=O) groups is 3. The lowest BCUT2D eigenvalue weighted by Crippen LogP contribution is -2.17. The lowest BCUT2D eigenvalue weighted by Gasteiger charge is -2.10. The van der Waals surface area contributed by atoms with Crippen molar-refractivity contribution in [1.82, 2.24) is 5.43 Å². The van der Waals surface area contributed by atoms with Crippen LogP contribution in [0.1, 0.15) is 42.2 Å². The van der Waals surface area contributed by atoms with Crippen molar-refractivity contribution in [2.45, 2.75) is 6.92 Å². The van der Waals surface area contributed by atoms with Crippen LogP contribution in [0.25, 0.3) is 0 Å². The van der Waals surface area contributed by atoms with E-state index in [1.165, 1.54) is 12.3 Å². The summed E-state index contributed by atoms with van der Waals surface area (Å²) in [4.78, 5) is 37.5. The van der Waals surface area contributed by atoms with E-state index in [4.69, 9.17) is 9.47 Å². The van der Waals surface area contributed by atoms with Gasteiger partial charge in [0.15, 0.2) is 0 Å². The molecule has 0 aliphatic carbocycles. The molecule has 7 heteroatoms. The number of hydrazone groups is 1. The maximum absolute atomic E-state index is 12.7. The van der Waals surface area contributed by atoms with Crippen molar-refractivity contribution < 1.29 is 23.9 Å². The zero-order valence-electron chi connectivity index (χ0n) is 19.4. The van der Waals surface area contributed by atoms with E-state index >= 15 is 0 Å². The quantitative estimate of drug-likeness (QED) is 0.171. The largest absolute Gasteiger partial charge is 0.423 e. The molecule has 0 aromatic heterocycles. The molecular formula is C29H22N2O5. The lowest BCUT2D eigenvalue weighted by molar-refractivity contribution is 0.0732. The van der Waals surface area contributed by atoms with Gasteiger partial charge in [-0.15, -0.1) is 0 Å². The van der Waals surface area contributed by atoms with Crippen LogP contribution in [0, 0.1) is 6.92 Å². The molecule has 7 nitrogen and oxygen atoms in total. The second-order valence-electron chi connectivity index (χ2n) is 7.78. The summed E-state index contributed by atoms with van der Waals surface area (Å²) < 4.78 is 11.0. The smallest absolute Gasteiger partial charge is 0.343 e. The Labute approximate surface area is 208 Å². The maximum Gasteiger partial charge on any atom is 0.343 e. The zero-order chi connectivity index (χ0) is 25.3. The first kappa shape index (κ1) is 24.1. The van der Waals surface area contributed by atoms with Crippen molar-refractivity contribution in [2.24, 2.45) is 5.10 Å². The van der Waals surface area contributed by atoms with Crippen LogP contribution in [0.5, 0.6) is 11.5 Å². The van der Waals surface area contributed by atoms with Crippen LogP contribution in [0.2, 0.25) is 0 Å². The molecule has 0 spiro atoms. The molecule has 0 bridgehead atoms. The number of aryl methyl sites for hydroxylation is 1. The third-order valence-electron chi connectivity index (χ3n) is 5.10. The van der Waals surface area contributed by atoms with E-state index in [1.54, 1.807) is 84.9 Å². The Hall–Kier alpha value is -5.04. The third-order valence-corrected chi connectivity index (χ3v) is 5.10. The molecule has 0 heterocycles. The normalized spacial score (nSPS) is 10.6. The summed E-state index contributed by atoms with van der Waals surface area (Å²) in [7, 11) is 0. The highest BCUT2D eigenvalue weighted by Crippen LogP contribution is 2.26. The number of ether oxygens (including phenoxy) is 2. The second kappa shape index (κ2) is 11.4. The number of nitrogens with zero attached hydrogens (tertiary/aromatic N) is 1. The van der Waals surface area contributed by atoms with Gasteiger partial charge >= 0.3 is 11.9 Å². The Morgan fingerprint density at radius 3 is 1.89 bits per heavy atom. The Kier molecular flexibility index (Phi) is 7.63. The SMILES string of the molecule is Cc1ccc(C(=O)NN=Cc2ccc(OC(=O)c3ccccc3)cc2OC(=O)c2ccccc2)cc1. The van der Waals surface area contributed by atoms with Crippen molar-refractivity contribution in [3.8, 4) is 11.5 Å². The van der Waals surface area contributed by atoms with Gasteiger partial charge in [-0.3, -0.25) is 4.79 Å². The van der Waals surface area contributed by atoms with Gasteiger partial charge in [-0.05, 0) is 55.5 Å². The highest BCUT2D eigenvalue weighted by Gasteiger charge is 2.15. The van der Waals surface area contributed by atoms with E-state index in [1.807, 2.05) is 19.1 Å². The number of hydrogen-bond donors (Lipinski definition) is 1. The molecule has 0 saturated carbocycles. The molecule has 0 aliphatic heterocycles. The van der Waals surface area contributed by atoms with Gasteiger partial charge in [-0.25, -0.2) is 15.0 Å². The first-order valence-corrected chi connectivity index (χ1v) is 11.1. The molecule has 36 heavy (non-hydrogen) atoms. The highest BCUT2D eigenvalue weighted by molar-refractivity contribution is 5.96. The predicted octanol–water partition coefficient (Wildman–Crippen LogP) is 5.20. The average molecular weight is 479 g/mol. The van der Waals surface area contributed by atoms with E-state index in [-0.39, 0.29) is 17.4 Å². The molecule has 4 rings (SSSR count). The molecule has 0 unspecified atom stereocenters. The Bertz CT molecular complexity index is 1400. The minimum absolute atomic E-state index is 0.107. The number of hydrogen-bond acceptors (Lipinski definition) is 6. The second-order valence-corrected chi connectivity index (χ2v) is 7.78. The molecule has 4 aromatic rings. The van der Waals surface area contributed by atoms with Gasteiger partial charge in [-0.2, -0.15) is 5.10 Å². The summed E-state index contributed by atoms with van der Waals surface area (Å²) in [5.74, 6) is -1.25. The number of nitrogens with one attached hydrogen (secondary N) is 1. The van der Waals surface area contributed by atoms with Crippen LogP contribution in [-0.4, -0.2) is 24.1 Å². The summed E-state index contributed by atoms with van der Waals surface area (Å²) >= 11 is 0. The first-order chi connectivity index (χ1) is 17.5. The van der Waals surface area contributed by atoms with Crippen LogP contribution in [-0.2, 0) is 0 Å². The lowest BCUT2D eigenvalue weighted by atomic mass is 10.1. The number of rotatable bonds is 7. The number of esters is 2. The molecule has 1 N–H and O–H groups in total. The molecule has 4 aromatic carbocycles. The van der Waals surface area contributed by atoms with Crippen LogP contribution in [0.4, 0.5) is 0 Å². The van der Waals surface area contributed by atoms with Crippen molar-refractivity contribution in [3.05, 3.63) is 131 Å². The minimum Gasteiger partial charge on any atom is -0.423 e. The average Bonchev–Trinajstić information content (AvgIpc) is 2.91. The van der Waals surface area contributed by atoms with Gasteiger partial charge in [0.05, 0.1) is 17.3 Å². The van der Waals surface area contributed by atoms with Gasteiger partial charge in [0.2, 0.25) is 0 Å². The van der Waals surface area contributed by atoms with Crippen molar-refractivity contribution in [1.29, 1.82) is 0 Å². The molecule has 0 radical (unpaired) electrons. The van der Waals surface area contributed by atoms with Crippen LogP contribution in [0.15, 0.2) is 108 Å². The fourth-order valence-corrected chi connectivity index (χ4v) is 3.18. The van der Waals surface area contributed by atoms with Crippen LogP contribution < -0.4 is 14.9 Å². The summed E-state index contributed by atoms with van der Waals surface area (Å²) in [6.45, 7) is 1.93. The topological polar surface area (TPSA) is 94.1 Å². The summed E-state index contributed by atoms with van der Waals surface area (Å²) in [5, 5.41) is 4.00. The summed E-state index contributed by atoms with van der Waals surface area (Å²) in [5.41, 5.74) is 5.06. The third kappa shape index (κ3) is 6.30. The maximum atomic E-state index is 12.7. The van der Waals surface area contributed by atoms with Gasteiger partial charge in [0, 0.05) is 17.2 Å². The van der Waals surface area contributed by atoms with E-state index in [9.17, 15) is 14.4 Å². The number of amides is 1. The molecule has 0 aliphatic rings. The molecular weight excluding hydrogens is 456 g/mol. The molecule has 1 amide bonds.